The minimum absolute atomic E-state index is 1.01. The monoisotopic (exact) mass is 766 g/mol. The Morgan fingerprint density at radius 1 is 0.333 bits per heavy atom. The number of rotatable bonds is 8. The van der Waals surface area contributed by atoms with Crippen molar-refractivity contribution in [1.82, 2.24) is 4.57 Å². The third kappa shape index (κ3) is 6.04. The largest absolute Gasteiger partial charge is 0.311 e. The average Bonchev–Trinajstić information content (AvgIpc) is 3.65. The topological polar surface area (TPSA) is 8.17 Å². The van der Waals surface area contributed by atoms with Crippen LogP contribution < -0.4 is 4.90 Å². The summed E-state index contributed by atoms with van der Waals surface area (Å²) in [7, 11) is 0. The van der Waals surface area contributed by atoms with E-state index in [1.54, 1.807) is 0 Å². The van der Waals surface area contributed by atoms with Crippen molar-refractivity contribution in [2.24, 2.45) is 0 Å². The Kier molecular flexibility index (Phi) is 8.82. The summed E-state index contributed by atoms with van der Waals surface area (Å²) < 4.78 is 2.39. The van der Waals surface area contributed by atoms with Gasteiger partial charge < -0.3 is 9.47 Å². The normalized spacial score (nSPS) is 11.5. The van der Waals surface area contributed by atoms with Crippen molar-refractivity contribution >= 4 is 60.4 Å². The smallest absolute Gasteiger partial charge is 0.0541 e. The van der Waals surface area contributed by atoms with Crippen molar-refractivity contribution in [1.29, 1.82) is 0 Å². The summed E-state index contributed by atoms with van der Waals surface area (Å²) in [6.45, 7) is 2.23. The van der Waals surface area contributed by atoms with Crippen LogP contribution in [-0.2, 0) is 6.42 Å². The molecule has 1 aromatic heterocycles. The van der Waals surface area contributed by atoms with Gasteiger partial charge in [0.2, 0.25) is 0 Å². The van der Waals surface area contributed by atoms with E-state index in [0.29, 0.717) is 0 Å². The predicted molar refractivity (Wildman–Crippen MR) is 256 cm³/mol. The molecule has 0 bridgehead atoms. The van der Waals surface area contributed by atoms with Crippen LogP contribution in [0.4, 0.5) is 17.1 Å². The molecule has 10 aromatic carbocycles. The number of fused-ring (bicyclic) bond motifs is 5. The third-order valence-corrected chi connectivity index (χ3v) is 12.1. The lowest BCUT2D eigenvalue weighted by Crippen LogP contribution is -2.09. The number of aryl methyl sites for hydroxylation is 1. The number of benzene rings is 10. The molecule has 0 aliphatic heterocycles. The SMILES string of the molecule is CCc1ccc2c(c1)c1cc(-c3ccc(N(c4ccccc4)c4ccc(-c5c6ccccc6c(-c6ccccc6)c6ccccc56)cc4)cc3)ccc1n2-c1ccccc1. The van der Waals surface area contributed by atoms with Gasteiger partial charge in [-0.1, -0.05) is 159 Å². The first-order valence-corrected chi connectivity index (χ1v) is 20.9. The maximum Gasteiger partial charge on any atom is 0.0541 e. The molecule has 0 unspecified atom stereocenters. The van der Waals surface area contributed by atoms with E-state index in [9.17, 15) is 0 Å². The maximum atomic E-state index is 2.39. The molecule has 0 fully saturated rings. The van der Waals surface area contributed by atoms with E-state index in [1.807, 2.05) is 0 Å². The van der Waals surface area contributed by atoms with Crippen LogP contribution in [0.15, 0.2) is 224 Å². The van der Waals surface area contributed by atoms with E-state index in [2.05, 4.69) is 241 Å². The first-order valence-electron chi connectivity index (χ1n) is 20.9. The van der Waals surface area contributed by atoms with E-state index in [4.69, 9.17) is 0 Å². The zero-order chi connectivity index (χ0) is 40.0. The molecule has 2 nitrogen and oxygen atoms in total. The van der Waals surface area contributed by atoms with E-state index in [-0.39, 0.29) is 0 Å². The van der Waals surface area contributed by atoms with Crippen molar-refractivity contribution in [3.05, 3.63) is 230 Å². The van der Waals surface area contributed by atoms with Crippen LogP contribution in [-0.4, -0.2) is 4.57 Å². The quantitative estimate of drug-likeness (QED) is 0.140. The van der Waals surface area contributed by atoms with Crippen molar-refractivity contribution < 1.29 is 0 Å². The first-order chi connectivity index (χ1) is 29.7. The minimum atomic E-state index is 1.01. The number of aromatic nitrogens is 1. The predicted octanol–water partition coefficient (Wildman–Crippen LogP) is 16.1. The summed E-state index contributed by atoms with van der Waals surface area (Å²) in [6, 6.07) is 81.9. The number of anilines is 3. The van der Waals surface area contributed by atoms with Gasteiger partial charge in [0, 0.05) is 33.5 Å². The molecule has 0 atom stereocenters. The van der Waals surface area contributed by atoms with Gasteiger partial charge in [-0.2, -0.15) is 0 Å². The second kappa shape index (κ2) is 14.9. The highest BCUT2D eigenvalue weighted by molar-refractivity contribution is 6.21. The fourth-order valence-electron chi connectivity index (χ4n) is 9.28. The lowest BCUT2D eigenvalue weighted by molar-refractivity contribution is 1.14. The highest BCUT2D eigenvalue weighted by Gasteiger charge is 2.19. The van der Waals surface area contributed by atoms with Crippen LogP contribution in [0.2, 0.25) is 0 Å². The molecule has 60 heavy (non-hydrogen) atoms. The van der Waals surface area contributed by atoms with Gasteiger partial charge in [0.25, 0.3) is 0 Å². The molecule has 0 saturated heterocycles. The summed E-state index contributed by atoms with van der Waals surface area (Å²) in [5.41, 5.74) is 15.7. The molecule has 11 aromatic rings. The molecule has 1 heterocycles. The number of hydrogen-bond acceptors (Lipinski definition) is 1. The molecular formula is C58H42N2. The van der Waals surface area contributed by atoms with Gasteiger partial charge in [-0.25, -0.2) is 0 Å². The Morgan fingerprint density at radius 2 is 0.750 bits per heavy atom. The van der Waals surface area contributed by atoms with Gasteiger partial charge in [0.05, 0.1) is 11.0 Å². The van der Waals surface area contributed by atoms with Gasteiger partial charge in [-0.05, 0) is 140 Å². The van der Waals surface area contributed by atoms with E-state index in [1.165, 1.54) is 88.0 Å². The Morgan fingerprint density at radius 3 is 1.30 bits per heavy atom. The lowest BCUT2D eigenvalue weighted by Gasteiger charge is -2.26. The van der Waals surface area contributed by atoms with Gasteiger partial charge in [-0.3, -0.25) is 0 Å². The zero-order valence-corrected chi connectivity index (χ0v) is 33.5. The lowest BCUT2D eigenvalue weighted by atomic mass is 9.86. The van der Waals surface area contributed by atoms with Crippen LogP contribution in [0.5, 0.6) is 0 Å². The standard InChI is InChI=1S/C58H42N2/c1-2-40-26-36-55-53(38-40)54-39-44(31-37-56(54)60(55)46-20-10-5-11-21-46)41-27-32-47(33-28-41)59(45-18-8-4-9-19-45)48-34-29-43(30-35-48)58-51-24-14-12-22-49(51)57(42-16-6-3-7-17-42)50-23-13-15-25-52(50)58/h3-39H,2H2,1H3. The van der Waals surface area contributed by atoms with Crippen molar-refractivity contribution in [2.45, 2.75) is 13.3 Å². The van der Waals surface area contributed by atoms with Crippen molar-refractivity contribution in [3.8, 4) is 39.1 Å². The van der Waals surface area contributed by atoms with Crippen LogP contribution in [0.3, 0.4) is 0 Å². The van der Waals surface area contributed by atoms with Crippen LogP contribution >= 0.6 is 0 Å². The molecule has 0 radical (unpaired) electrons. The molecule has 0 amide bonds. The van der Waals surface area contributed by atoms with E-state index in [0.717, 1.165) is 23.5 Å². The molecule has 284 valence electrons. The molecule has 0 N–H and O–H groups in total. The summed E-state index contributed by atoms with van der Waals surface area (Å²) in [5, 5.41) is 7.60. The summed E-state index contributed by atoms with van der Waals surface area (Å²) in [5.74, 6) is 0. The van der Waals surface area contributed by atoms with Crippen molar-refractivity contribution in [2.75, 3.05) is 4.90 Å². The maximum absolute atomic E-state index is 2.39. The Hall–Kier alpha value is -7.68. The number of hydrogen-bond donors (Lipinski definition) is 0. The molecule has 2 heteroatoms. The third-order valence-electron chi connectivity index (χ3n) is 12.1. The first kappa shape index (κ1) is 35.5. The summed E-state index contributed by atoms with van der Waals surface area (Å²) >= 11 is 0. The number of para-hydroxylation sites is 2. The summed E-state index contributed by atoms with van der Waals surface area (Å²) in [6.07, 6.45) is 1.01. The Labute approximate surface area is 350 Å². The summed E-state index contributed by atoms with van der Waals surface area (Å²) in [4.78, 5) is 2.35. The van der Waals surface area contributed by atoms with Gasteiger partial charge in [0.1, 0.15) is 0 Å². The van der Waals surface area contributed by atoms with Crippen LogP contribution in [0.1, 0.15) is 12.5 Å². The Balaban J connectivity index is 0.991. The molecular weight excluding hydrogens is 725 g/mol. The van der Waals surface area contributed by atoms with Crippen LogP contribution in [0.25, 0.3) is 82.4 Å². The minimum Gasteiger partial charge on any atom is -0.311 e. The molecule has 0 spiro atoms. The second-order valence-corrected chi connectivity index (χ2v) is 15.6. The van der Waals surface area contributed by atoms with Gasteiger partial charge in [0.15, 0.2) is 0 Å². The molecule has 0 saturated carbocycles. The fraction of sp³-hybridized carbons (Fsp3) is 0.0345. The second-order valence-electron chi connectivity index (χ2n) is 15.6. The van der Waals surface area contributed by atoms with Crippen LogP contribution in [0, 0.1) is 0 Å². The van der Waals surface area contributed by atoms with Gasteiger partial charge >= 0.3 is 0 Å². The average molecular weight is 767 g/mol. The van der Waals surface area contributed by atoms with E-state index >= 15 is 0 Å². The van der Waals surface area contributed by atoms with Gasteiger partial charge in [-0.15, -0.1) is 0 Å². The molecule has 0 aliphatic carbocycles. The fourth-order valence-corrected chi connectivity index (χ4v) is 9.28. The zero-order valence-electron chi connectivity index (χ0n) is 33.5. The number of nitrogens with zero attached hydrogens (tertiary/aromatic N) is 2. The molecule has 11 rings (SSSR count). The highest BCUT2D eigenvalue weighted by atomic mass is 15.1. The van der Waals surface area contributed by atoms with E-state index < -0.39 is 0 Å². The molecule has 0 aliphatic rings. The highest BCUT2D eigenvalue weighted by Crippen LogP contribution is 2.45. The Bertz CT molecular complexity index is 3250. The van der Waals surface area contributed by atoms with Crippen molar-refractivity contribution in [3.63, 3.8) is 0 Å².